The van der Waals surface area contributed by atoms with E-state index in [9.17, 15) is 14.0 Å². The van der Waals surface area contributed by atoms with E-state index in [1.165, 1.54) is 16.8 Å². The number of amides is 1. The summed E-state index contributed by atoms with van der Waals surface area (Å²) >= 11 is 5.63. The summed E-state index contributed by atoms with van der Waals surface area (Å²) in [6.45, 7) is 1.74. The molecule has 0 saturated heterocycles. The number of benzene rings is 1. The second kappa shape index (κ2) is 6.78. The predicted octanol–water partition coefficient (Wildman–Crippen LogP) is 2.47. The van der Waals surface area contributed by atoms with Crippen molar-refractivity contribution in [3.05, 3.63) is 52.1 Å². The average molecular weight is 340 g/mol. The lowest BCUT2D eigenvalue weighted by molar-refractivity contribution is -0.137. The monoisotopic (exact) mass is 339 g/mol. The van der Waals surface area contributed by atoms with Crippen LogP contribution in [0.25, 0.3) is 0 Å². The maximum absolute atomic E-state index is 13.6. The van der Waals surface area contributed by atoms with Crippen molar-refractivity contribution in [3.8, 4) is 0 Å². The second-order valence-electron chi connectivity index (χ2n) is 5.09. The highest BCUT2D eigenvalue weighted by atomic mass is 35.5. The lowest BCUT2D eigenvalue weighted by atomic mass is 10.0. The van der Waals surface area contributed by atoms with E-state index >= 15 is 0 Å². The van der Waals surface area contributed by atoms with Gasteiger partial charge in [-0.05, 0) is 30.7 Å². The molecule has 6 nitrogen and oxygen atoms in total. The van der Waals surface area contributed by atoms with Crippen LogP contribution in [0.2, 0.25) is 5.02 Å². The lowest BCUT2D eigenvalue weighted by Crippen LogP contribution is -2.31. The molecule has 0 aliphatic carbocycles. The van der Waals surface area contributed by atoms with Gasteiger partial charge in [0.05, 0.1) is 23.2 Å². The summed E-state index contributed by atoms with van der Waals surface area (Å²) in [5.41, 5.74) is 1.26. The molecular formula is C15H15ClFN3O3. The Balaban J connectivity index is 2.28. The van der Waals surface area contributed by atoms with Gasteiger partial charge in [0.1, 0.15) is 11.5 Å². The molecular weight excluding hydrogens is 325 g/mol. The maximum Gasteiger partial charge on any atom is 0.305 e. The molecule has 1 aromatic heterocycles. The van der Waals surface area contributed by atoms with Crippen LogP contribution in [-0.2, 0) is 11.8 Å². The minimum Gasteiger partial charge on any atom is -0.481 e. The predicted molar refractivity (Wildman–Crippen MR) is 81.8 cm³/mol. The molecule has 0 unspecified atom stereocenters. The first-order valence-electron chi connectivity index (χ1n) is 6.76. The van der Waals surface area contributed by atoms with Gasteiger partial charge in [-0.3, -0.25) is 14.3 Å². The van der Waals surface area contributed by atoms with Gasteiger partial charge in [0.2, 0.25) is 0 Å². The number of nitrogens with zero attached hydrogens (tertiary/aromatic N) is 2. The van der Waals surface area contributed by atoms with Gasteiger partial charge >= 0.3 is 5.97 Å². The first-order chi connectivity index (χ1) is 10.8. The normalized spacial score (nSPS) is 12.0. The fourth-order valence-corrected chi connectivity index (χ4v) is 2.33. The van der Waals surface area contributed by atoms with E-state index in [2.05, 4.69) is 10.4 Å². The van der Waals surface area contributed by atoms with Crippen molar-refractivity contribution in [3.63, 3.8) is 0 Å². The molecule has 23 heavy (non-hydrogen) atoms. The highest BCUT2D eigenvalue weighted by molar-refractivity contribution is 6.30. The number of carboxylic acid groups (broad SMARTS) is 1. The number of nitrogens with one attached hydrogen (secondary N) is 1. The Bertz CT molecular complexity index is 760. The maximum atomic E-state index is 13.6. The summed E-state index contributed by atoms with van der Waals surface area (Å²) in [5.74, 6) is -2.29. The Morgan fingerprint density at radius 2 is 2.13 bits per heavy atom. The molecule has 0 spiro atoms. The molecule has 2 aromatic rings. The van der Waals surface area contributed by atoms with Crippen molar-refractivity contribution in [2.75, 3.05) is 0 Å². The minimum atomic E-state index is -1.12. The Hall–Kier alpha value is -2.41. The van der Waals surface area contributed by atoms with Gasteiger partial charge < -0.3 is 10.4 Å². The zero-order valence-electron chi connectivity index (χ0n) is 12.5. The quantitative estimate of drug-likeness (QED) is 0.876. The Morgan fingerprint density at radius 3 is 2.65 bits per heavy atom. The standard InChI is InChI=1S/C15H15ClFN3O3/c1-8-5-13(20(2)19-8)15(23)18-12(7-14(21)22)9-3-4-10(16)11(17)6-9/h3-6,12H,7H2,1-2H3,(H,18,23)(H,21,22)/t12-/m1/s1. The Morgan fingerprint density at radius 1 is 1.43 bits per heavy atom. The summed E-state index contributed by atoms with van der Waals surface area (Å²) in [5, 5.41) is 15.6. The fraction of sp³-hybridized carbons (Fsp3) is 0.267. The van der Waals surface area contributed by atoms with Crippen molar-refractivity contribution in [1.82, 2.24) is 15.1 Å². The van der Waals surface area contributed by atoms with E-state index in [0.29, 0.717) is 11.3 Å². The van der Waals surface area contributed by atoms with Crippen molar-refractivity contribution in [2.45, 2.75) is 19.4 Å². The second-order valence-corrected chi connectivity index (χ2v) is 5.50. The van der Waals surface area contributed by atoms with E-state index in [4.69, 9.17) is 16.7 Å². The van der Waals surface area contributed by atoms with E-state index in [1.807, 2.05) is 0 Å². The van der Waals surface area contributed by atoms with Crippen LogP contribution in [0, 0.1) is 12.7 Å². The van der Waals surface area contributed by atoms with Gasteiger partial charge in [0, 0.05) is 7.05 Å². The number of carbonyl (C=O) groups is 2. The van der Waals surface area contributed by atoms with Crippen LogP contribution < -0.4 is 5.32 Å². The molecule has 0 bridgehead atoms. The zero-order valence-corrected chi connectivity index (χ0v) is 13.3. The van der Waals surface area contributed by atoms with E-state index in [-0.39, 0.29) is 17.1 Å². The summed E-state index contributed by atoms with van der Waals surface area (Å²) in [6.07, 6.45) is -0.385. The Labute approximate surface area is 136 Å². The van der Waals surface area contributed by atoms with Gasteiger partial charge in [0.15, 0.2) is 0 Å². The molecule has 1 amide bonds. The molecule has 0 radical (unpaired) electrons. The molecule has 1 atom stereocenters. The van der Waals surface area contributed by atoms with E-state index < -0.39 is 23.7 Å². The molecule has 0 saturated carbocycles. The number of aryl methyl sites for hydroxylation is 2. The van der Waals surface area contributed by atoms with Crippen molar-refractivity contribution >= 4 is 23.5 Å². The molecule has 1 aromatic carbocycles. The first kappa shape index (κ1) is 17.0. The summed E-state index contributed by atoms with van der Waals surface area (Å²) in [7, 11) is 1.61. The van der Waals surface area contributed by atoms with Crippen molar-refractivity contribution in [2.24, 2.45) is 7.05 Å². The van der Waals surface area contributed by atoms with Crippen LogP contribution in [0.3, 0.4) is 0 Å². The molecule has 2 N–H and O–H groups in total. The van der Waals surface area contributed by atoms with Gasteiger partial charge in [-0.2, -0.15) is 5.10 Å². The smallest absolute Gasteiger partial charge is 0.305 e. The Kier molecular flexibility index (Phi) is 5.00. The topological polar surface area (TPSA) is 84.2 Å². The summed E-state index contributed by atoms with van der Waals surface area (Å²) in [4.78, 5) is 23.3. The number of hydrogen-bond donors (Lipinski definition) is 2. The molecule has 1 heterocycles. The number of carboxylic acids is 1. The third kappa shape index (κ3) is 4.07. The van der Waals surface area contributed by atoms with Crippen molar-refractivity contribution < 1.29 is 19.1 Å². The number of aliphatic carboxylic acids is 1. The SMILES string of the molecule is Cc1cc(C(=O)N[C@H](CC(=O)O)c2ccc(Cl)c(F)c2)n(C)n1. The highest BCUT2D eigenvalue weighted by Crippen LogP contribution is 2.23. The van der Waals surface area contributed by atoms with E-state index in [1.54, 1.807) is 20.0 Å². The first-order valence-corrected chi connectivity index (χ1v) is 7.14. The van der Waals surface area contributed by atoms with Crippen LogP contribution in [-0.4, -0.2) is 26.8 Å². The molecule has 0 aliphatic heterocycles. The average Bonchev–Trinajstić information content (AvgIpc) is 2.79. The number of halogens is 2. The minimum absolute atomic E-state index is 0.0728. The number of carbonyl (C=O) groups excluding carboxylic acids is 1. The zero-order chi connectivity index (χ0) is 17.1. The van der Waals surface area contributed by atoms with E-state index in [0.717, 1.165) is 6.07 Å². The molecule has 0 fully saturated rings. The summed E-state index contributed by atoms with van der Waals surface area (Å²) < 4.78 is 15.0. The largest absolute Gasteiger partial charge is 0.481 e. The van der Waals surface area contributed by atoms with Gasteiger partial charge in [-0.25, -0.2) is 4.39 Å². The molecule has 122 valence electrons. The van der Waals surface area contributed by atoms with Gasteiger partial charge in [-0.1, -0.05) is 17.7 Å². The van der Waals surface area contributed by atoms with Crippen LogP contribution in [0.1, 0.15) is 34.2 Å². The molecule has 8 heteroatoms. The van der Waals surface area contributed by atoms with Crippen LogP contribution in [0.4, 0.5) is 4.39 Å². The third-order valence-corrected chi connectivity index (χ3v) is 3.57. The molecule has 2 rings (SSSR count). The number of aromatic nitrogens is 2. The highest BCUT2D eigenvalue weighted by Gasteiger charge is 2.21. The number of rotatable bonds is 5. The van der Waals surface area contributed by atoms with Crippen LogP contribution >= 0.6 is 11.6 Å². The summed E-state index contributed by atoms with van der Waals surface area (Å²) in [6, 6.07) is 4.61. The van der Waals surface area contributed by atoms with Gasteiger partial charge in [-0.15, -0.1) is 0 Å². The van der Waals surface area contributed by atoms with Crippen molar-refractivity contribution in [1.29, 1.82) is 0 Å². The molecule has 0 aliphatic rings. The lowest BCUT2D eigenvalue weighted by Gasteiger charge is -2.17. The number of hydrogen-bond acceptors (Lipinski definition) is 3. The van der Waals surface area contributed by atoms with Crippen LogP contribution in [0.5, 0.6) is 0 Å². The van der Waals surface area contributed by atoms with Crippen LogP contribution in [0.15, 0.2) is 24.3 Å². The van der Waals surface area contributed by atoms with Gasteiger partial charge in [0.25, 0.3) is 5.91 Å². The fourth-order valence-electron chi connectivity index (χ4n) is 2.21. The third-order valence-electron chi connectivity index (χ3n) is 3.26.